The lowest BCUT2D eigenvalue weighted by molar-refractivity contribution is -0.385. The van der Waals surface area contributed by atoms with Crippen LogP contribution in [0.4, 0.5) is 10.5 Å². The highest BCUT2D eigenvalue weighted by Gasteiger charge is 2.21. The van der Waals surface area contributed by atoms with Crippen molar-refractivity contribution in [1.82, 2.24) is 5.32 Å². The molecular weight excluding hydrogens is 276 g/mol. The lowest BCUT2D eigenvalue weighted by atomic mass is 10.0. The van der Waals surface area contributed by atoms with E-state index in [1.54, 1.807) is 27.7 Å². The number of rotatable bonds is 4. The topological polar surface area (TPSA) is 98.5 Å². The summed E-state index contributed by atoms with van der Waals surface area (Å²) in [5.41, 5.74) is 0.151. The first-order valence-corrected chi connectivity index (χ1v) is 6.34. The number of nitrogens with one attached hydrogen (secondary N) is 1. The smallest absolute Gasteiger partial charge is 0.408 e. The molecule has 7 nitrogen and oxygen atoms in total. The number of carbonyl (C=O) groups is 2. The standard InChI is InChI=1S/C14H18N2O5/c1-9-7-10(5-6-12(9)16(19)20)11(8-17)15-13(18)21-14(2,3)4/h5-8,11H,1-4H3,(H,15,18). The summed E-state index contributed by atoms with van der Waals surface area (Å²) in [7, 11) is 0. The molecule has 0 spiro atoms. The van der Waals surface area contributed by atoms with Crippen LogP contribution in [0.25, 0.3) is 0 Å². The second kappa shape index (κ2) is 6.34. The van der Waals surface area contributed by atoms with E-state index in [2.05, 4.69) is 5.32 Å². The molecule has 1 aromatic rings. The molecule has 1 aromatic carbocycles. The molecule has 0 aliphatic rings. The van der Waals surface area contributed by atoms with Crippen molar-refractivity contribution in [3.05, 3.63) is 39.4 Å². The minimum atomic E-state index is -0.917. The molecule has 0 fully saturated rings. The van der Waals surface area contributed by atoms with Crippen molar-refractivity contribution in [3.8, 4) is 0 Å². The summed E-state index contributed by atoms with van der Waals surface area (Å²) in [4.78, 5) is 33.0. The Hall–Kier alpha value is -2.44. The molecule has 21 heavy (non-hydrogen) atoms. The zero-order valence-corrected chi connectivity index (χ0v) is 12.4. The van der Waals surface area contributed by atoms with Gasteiger partial charge in [0.1, 0.15) is 17.9 Å². The molecule has 0 heterocycles. The average molecular weight is 294 g/mol. The maximum atomic E-state index is 11.7. The molecule has 0 aliphatic carbocycles. The molecule has 1 unspecified atom stereocenters. The van der Waals surface area contributed by atoms with Crippen LogP contribution in [0.15, 0.2) is 18.2 Å². The monoisotopic (exact) mass is 294 g/mol. The second-order valence-corrected chi connectivity index (χ2v) is 5.56. The van der Waals surface area contributed by atoms with E-state index in [1.807, 2.05) is 0 Å². The Morgan fingerprint density at radius 2 is 2.05 bits per heavy atom. The maximum absolute atomic E-state index is 11.7. The summed E-state index contributed by atoms with van der Waals surface area (Å²) in [5, 5.41) is 13.2. The van der Waals surface area contributed by atoms with Crippen LogP contribution >= 0.6 is 0 Å². The minimum absolute atomic E-state index is 0.0410. The van der Waals surface area contributed by atoms with Crippen LogP contribution in [0, 0.1) is 17.0 Å². The predicted octanol–water partition coefficient (Wildman–Crippen LogP) is 2.67. The van der Waals surface area contributed by atoms with Crippen molar-refractivity contribution in [2.24, 2.45) is 0 Å². The zero-order chi connectivity index (χ0) is 16.2. The third kappa shape index (κ3) is 4.87. The Morgan fingerprint density at radius 3 is 2.48 bits per heavy atom. The molecule has 0 saturated carbocycles. The number of alkyl carbamates (subject to hydrolysis) is 1. The molecule has 1 atom stereocenters. The lowest BCUT2D eigenvalue weighted by Crippen LogP contribution is -2.35. The highest BCUT2D eigenvalue weighted by atomic mass is 16.6. The van der Waals surface area contributed by atoms with Crippen molar-refractivity contribution >= 4 is 18.1 Å². The van der Waals surface area contributed by atoms with Gasteiger partial charge in [-0.05, 0) is 45.4 Å². The third-order valence-electron chi connectivity index (χ3n) is 2.58. The van der Waals surface area contributed by atoms with E-state index in [0.29, 0.717) is 17.4 Å². The van der Waals surface area contributed by atoms with E-state index in [0.717, 1.165) is 0 Å². The molecule has 1 amide bonds. The van der Waals surface area contributed by atoms with Crippen molar-refractivity contribution in [2.75, 3.05) is 0 Å². The van der Waals surface area contributed by atoms with E-state index < -0.39 is 22.7 Å². The Balaban J connectivity index is 2.91. The van der Waals surface area contributed by atoms with Gasteiger partial charge < -0.3 is 14.8 Å². The molecular formula is C14H18N2O5. The molecule has 0 radical (unpaired) electrons. The molecule has 7 heteroatoms. The van der Waals surface area contributed by atoms with Crippen molar-refractivity contribution in [1.29, 1.82) is 0 Å². The Bertz CT molecular complexity index is 563. The van der Waals surface area contributed by atoms with Crippen molar-refractivity contribution < 1.29 is 19.2 Å². The summed E-state index contributed by atoms with van der Waals surface area (Å²) in [5.74, 6) is 0. The Kier molecular flexibility index (Phi) is 5.02. The van der Waals surface area contributed by atoms with Crippen LogP contribution in [0.3, 0.4) is 0 Å². The maximum Gasteiger partial charge on any atom is 0.408 e. The van der Waals surface area contributed by atoms with E-state index >= 15 is 0 Å². The predicted molar refractivity (Wildman–Crippen MR) is 76.0 cm³/mol. The summed E-state index contributed by atoms with van der Waals surface area (Å²) >= 11 is 0. The molecule has 114 valence electrons. The normalized spacial score (nSPS) is 12.4. The number of nitro benzene ring substituents is 1. The minimum Gasteiger partial charge on any atom is -0.444 e. The first kappa shape index (κ1) is 16.6. The number of nitro groups is 1. The van der Waals surface area contributed by atoms with Crippen LogP contribution in [-0.4, -0.2) is 22.9 Å². The second-order valence-electron chi connectivity index (χ2n) is 5.56. The Morgan fingerprint density at radius 1 is 1.43 bits per heavy atom. The number of benzene rings is 1. The number of amides is 1. The number of carbonyl (C=O) groups excluding carboxylic acids is 2. The van der Waals surface area contributed by atoms with E-state index in [1.165, 1.54) is 18.2 Å². The summed E-state index contributed by atoms with van der Waals surface area (Å²) in [6.45, 7) is 6.69. The summed E-state index contributed by atoms with van der Waals surface area (Å²) in [6, 6.07) is 3.31. The van der Waals surface area contributed by atoms with Gasteiger partial charge in [-0.1, -0.05) is 0 Å². The van der Waals surface area contributed by atoms with Gasteiger partial charge in [-0.25, -0.2) is 4.79 Å². The summed E-state index contributed by atoms with van der Waals surface area (Å²) in [6.07, 6.45) is -0.180. The third-order valence-corrected chi connectivity index (χ3v) is 2.58. The number of nitrogens with zero attached hydrogens (tertiary/aromatic N) is 1. The fourth-order valence-electron chi connectivity index (χ4n) is 1.71. The molecule has 1 N–H and O–H groups in total. The van der Waals surface area contributed by atoms with Gasteiger partial charge in [-0.15, -0.1) is 0 Å². The molecule has 0 aromatic heterocycles. The first-order chi connectivity index (χ1) is 9.64. The largest absolute Gasteiger partial charge is 0.444 e. The molecule has 0 saturated heterocycles. The van der Waals surface area contributed by atoms with Crippen LogP contribution in [0.1, 0.15) is 37.9 Å². The van der Waals surface area contributed by atoms with Gasteiger partial charge in [0.25, 0.3) is 5.69 Å². The number of aldehydes is 1. The quantitative estimate of drug-likeness (QED) is 0.523. The van der Waals surface area contributed by atoms with Gasteiger partial charge in [0, 0.05) is 11.6 Å². The van der Waals surface area contributed by atoms with Gasteiger partial charge >= 0.3 is 6.09 Å². The van der Waals surface area contributed by atoms with Crippen LogP contribution in [0.2, 0.25) is 0 Å². The Labute approximate surface area is 122 Å². The van der Waals surface area contributed by atoms with Gasteiger partial charge in [0.05, 0.1) is 4.92 Å². The molecule has 1 rings (SSSR count). The van der Waals surface area contributed by atoms with Crippen LogP contribution < -0.4 is 5.32 Å². The van der Waals surface area contributed by atoms with Gasteiger partial charge in [0.2, 0.25) is 0 Å². The highest BCUT2D eigenvalue weighted by molar-refractivity contribution is 5.74. The van der Waals surface area contributed by atoms with Crippen molar-refractivity contribution in [3.63, 3.8) is 0 Å². The van der Waals surface area contributed by atoms with Crippen LogP contribution in [-0.2, 0) is 9.53 Å². The number of hydrogen-bond donors (Lipinski definition) is 1. The number of hydrogen-bond acceptors (Lipinski definition) is 5. The van der Waals surface area contributed by atoms with Gasteiger partial charge in [-0.2, -0.15) is 0 Å². The van der Waals surface area contributed by atoms with Crippen molar-refractivity contribution in [2.45, 2.75) is 39.3 Å². The average Bonchev–Trinajstić information content (AvgIpc) is 2.33. The fourth-order valence-corrected chi connectivity index (χ4v) is 1.71. The van der Waals surface area contributed by atoms with E-state index in [-0.39, 0.29) is 5.69 Å². The zero-order valence-electron chi connectivity index (χ0n) is 12.4. The van der Waals surface area contributed by atoms with Gasteiger partial charge in [-0.3, -0.25) is 10.1 Å². The summed E-state index contributed by atoms with van der Waals surface area (Å²) < 4.78 is 5.07. The van der Waals surface area contributed by atoms with E-state index in [9.17, 15) is 19.7 Å². The first-order valence-electron chi connectivity index (χ1n) is 6.34. The number of aryl methyl sites for hydroxylation is 1. The van der Waals surface area contributed by atoms with E-state index in [4.69, 9.17) is 4.74 Å². The lowest BCUT2D eigenvalue weighted by Gasteiger charge is -2.21. The number of ether oxygens (including phenoxy) is 1. The molecule has 0 bridgehead atoms. The van der Waals surface area contributed by atoms with Crippen LogP contribution in [0.5, 0.6) is 0 Å². The molecule has 0 aliphatic heterocycles. The SMILES string of the molecule is Cc1cc(C(C=O)NC(=O)OC(C)(C)C)ccc1[N+](=O)[O-]. The van der Waals surface area contributed by atoms with Gasteiger partial charge in [0.15, 0.2) is 0 Å². The highest BCUT2D eigenvalue weighted by Crippen LogP contribution is 2.22. The fraction of sp³-hybridized carbons (Fsp3) is 0.429.